The number of carbonyl (C=O) groups is 2. The number of esters is 2. The van der Waals surface area contributed by atoms with E-state index in [0.29, 0.717) is 35.9 Å². The maximum Gasteiger partial charge on any atom is 0.360 e. The molecule has 0 bridgehead atoms. The molecule has 2 rings (SSSR count). The molecule has 132 valence electrons. The van der Waals surface area contributed by atoms with Crippen LogP contribution in [-0.2, 0) is 22.6 Å². The van der Waals surface area contributed by atoms with Crippen LogP contribution in [0.15, 0.2) is 0 Å². The summed E-state index contributed by atoms with van der Waals surface area (Å²) in [5.41, 5.74) is 1.92. The van der Waals surface area contributed by atoms with Crippen molar-refractivity contribution < 1.29 is 19.1 Å². The van der Waals surface area contributed by atoms with Gasteiger partial charge in [0.15, 0.2) is 11.4 Å². The van der Waals surface area contributed by atoms with Crippen molar-refractivity contribution in [3.63, 3.8) is 0 Å². The molecule has 0 amide bonds. The Morgan fingerprint density at radius 3 is 2.04 bits per heavy atom. The smallest absolute Gasteiger partial charge is 0.360 e. The lowest BCUT2D eigenvalue weighted by Gasteiger charge is -2.00. The Morgan fingerprint density at radius 1 is 0.958 bits per heavy atom. The zero-order valence-electron chi connectivity index (χ0n) is 14.7. The first-order valence-electron chi connectivity index (χ1n) is 7.37. The van der Waals surface area contributed by atoms with Crippen LogP contribution in [0.3, 0.4) is 0 Å². The van der Waals surface area contributed by atoms with Crippen molar-refractivity contribution in [2.75, 3.05) is 14.2 Å². The molecule has 0 fully saturated rings. The molecule has 10 nitrogen and oxygen atoms in total. The van der Waals surface area contributed by atoms with Crippen LogP contribution in [0, 0.1) is 13.8 Å². The van der Waals surface area contributed by atoms with Gasteiger partial charge in [-0.05, 0) is 27.7 Å². The minimum Gasteiger partial charge on any atom is -0.464 e. The number of rotatable bonds is 4. The van der Waals surface area contributed by atoms with Crippen LogP contribution in [-0.4, -0.2) is 56.1 Å². The molecule has 0 radical (unpaired) electrons. The van der Waals surface area contributed by atoms with E-state index in [2.05, 4.69) is 30.0 Å². The Kier molecular flexibility index (Phi) is 7.02. The number of nitrogens with zero attached hydrogens (tertiary/aromatic N) is 6. The van der Waals surface area contributed by atoms with Gasteiger partial charge in [0.25, 0.3) is 0 Å². The van der Waals surface area contributed by atoms with E-state index < -0.39 is 5.97 Å². The van der Waals surface area contributed by atoms with Gasteiger partial charge in [0, 0.05) is 6.54 Å². The average molecular weight is 338 g/mol. The molecule has 2 aromatic heterocycles. The summed E-state index contributed by atoms with van der Waals surface area (Å²) in [5, 5.41) is 15.5. The molecule has 0 saturated heterocycles. The molecule has 0 saturated carbocycles. The first kappa shape index (κ1) is 19.3. The minimum absolute atomic E-state index is 0.291. The Bertz CT molecular complexity index is 706. The first-order valence-corrected chi connectivity index (χ1v) is 7.37. The first-order chi connectivity index (χ1) is 11.4. The summed E-state index contributed by atoms with van der Waals surface area (Å²) < 4.78 is 10.6. The third-order valence-electron chi connectivity index (χ3n) is 3.07. The van der Waals surface area contributed by atoms with Crippen molar-refractivity contribution in [2.45, 2.75) is 40.8 Å². The van der Waals surface area contributed by atoms with Gasteiger partial charge >= 0.3 is 11.9 Å². The van der Waals surface area contributed by atoms with Gasteiger partial charge in [0.05, 0.1) is 32.2 Å². The topological polar surface area (TPSA) is 114 Å². The SMILES string of the molecule is CCn1nc(C)c(C(=O)OC)n1.CCn1nnc(C)c1C(=O)OC. The Hall–Kier alpha value is -2.78. The fourth-order valence-electron chi connectivity index (χ4n) is 1.83. The lowest BCUT2D eigenvalue weighted by Crippen LogP contribution is -2.11. The van der Waals surface area contributed by atoms with E-state index in [-0.39, 0.29) is 5.97 Å². The highest BCUT2D eigenvalue weighted by atomic mass is 16.5. The summed E-state index contributed by atoms with van der Waals surface area (Å²) in [6, 6.07) is 0. The number of aryl methyl sites for hydroxylation is 4. The van der Waals surface area contributed by atoms with Gasteiger partial charge in [-0.2, -0.15) is 9.90 Å². The lowest BCUT2D eigenvalue weighted by molar-refractivity contribution is 0.0579. The van der Waals surface area contributed by atoms with Crippen LogP contribution in [0.2, 0.25) is 0 Å². The maximum absolute atomic E-state index is 11.2. The molecule has 0 aliphatic rings. The molecule has 0 unspecified atom stereocenters. The van der Waals surface area contributed by atoms with Crippen molar-refractivity contribution in [3.8, 4) is 0 Å². The standard InChI is InChI=1S/2C7H11N3O2/c1-4-10-6(7(11)12-3)5(2)8-9-10;1-4-10-8-5(2)6(9-10)7(11)12-3/h2*4H2,1-3H3. The number of methoxy groups -OCH3 is 2. The van der Waals surface area contributed by atoms with Gasteiger partial charge in [-0.3, -0.25) is 0 Å². The monoisotopic (exact) mass is 338 g/mol. The predicted octanol–water partition coefficient (Wildman–Crippen LogP) is 0.786. The zero-order chi connectivity index (χ0) is 18.3. The highest BCUT2D eigenvalue weighted by Gasteiger charge is 2.16. The summed E-state index contributed by atoms with van der Waals surface area (Å²) in [6.45, 7) is 8.51. The summed E-state index contributed by atoms with van der Waals surface area (Å²) in [6.07, 6.45) is 0. The molecule has 2 aromatic rings. The van der Waals surface area contributed by atoms with E-state index in [1.807, 2.05) is 13.8 Å². The van der Waals surface area contributed by atoms with Gasteiger partial charge in [-0.15, -0.1) is 10.2 Å². The zero-order valence-corrected chi connectivity index (χ0v) is 14.7. The van der Waals surface area contributed by atoms with E-state index in [4.69, 9.17) is 0 Å². The largest absolute Gasteiger partial charge is 0.464 e. The summed E-state index contributed by atoms with van der Waals surface area (Å²) in [4.78, 5) is 23.6. The highest BCUT2D eigenvalue weighted by Crippen LogP contribution is 2.05. The summed E-state index contributed by atoms with van der Waals surface area (Å²) >= 11 is 0. The third kappa shape index (κ3) is 4.37. The van der Waals surface area contributed by atoms with Crippen LogP contribution >= 0.6 is 0 Å². The van der Waals surface area contributed by atoms with Crippen LogP contribution < -0.4 is 0 Å². The lowest BCUT2D eigenvalue weighted by atomic mass is 10.3. The highest BCUT2D eigenvalue weighted by molar-refractivity contribution is 5.88. The predicted molar refractivity (Wildman–Crippen MR) is 83.5 cm³/mol. The molecule has 0 aromatic carbocycles. The van der Waals surface area contributed by atoms with Crippen LogP contribution in [0.5, 0.6) is 0 Å². The van der Waals surface area contributed by atoms with E-state index in [1.54, 1.807) is 13.8 Å². The second kappa shape index (κ2) is 8.75. The van der Waals surface area contributed by atoms with Crippen molar-refractivity contribution in [3.05, 3.63) is 22.8 Å². The molecule has 0 aliphatic carbocycles. The molecule has 0 aliphatic heterocycles. The van der Waals surface area contributed by atoms with E-state index in [9.17, 15) is 9.59 Å². The Balaban J connectivity index is 0.000000240. The Morgan fingerprint density at radius 2 is 1.58 bits per heavy atom. The van der Waals surface area contributed by atoms with Crippen LogP contribution in [0.25, 0.3) is 0 Å². The third-order valence-corrected chi connectivity index (χ3v) is 3.07. The molecule has 0 spiro atoms. The number of hydrogen-bond donors (Lipinski definition) is 0. The minimum atomic E-state index is -0.438. The van der Waals surface area contributed by atoms with E-state index in [1.165, 1.54) is 23.7 Å². The van der Waals surface area contributed by atoms with Gasteiger partial charge < -0.3 is 9.47 Å². The Labute approximate surface area is 139 Å². The van der Waals surface area contributed by atoms with E-state index >= 15 is 0 Å². The van der Waals surface area contributed by atoms with Crippen molar-refractivity contribution >= 4 is 11.9 Å². The number of ether oxygens (including phenoxy) is 2. The van der Waals surface area contributed by atoms with Gasteiger partial charge in [-0.25, -0.2) is 14.3 Å². The van der Waals surface area contributed by atoms with Gasteiger partial charge in [-0.1, -0.05) is 5.21 Å². The molecule has 2 heterocycles. The normalized spacial score (nSPS) is 9.92. The fourth-order valence-corrected chi connectivity index (χ4v) is 1.83. The second-order valence-corrected chi connectivity index (χ2v) is 4.64. The van der Waals surface area contributed by atoms with Gasteiger partial charge in [0.2, 0.25) is 0 Å². The quantitative estimate of drug-likeness (QED) is 0.752. The van der Waals surface area contributed by atoms with Crippen LogP contribution in [0.1, 0.15) is 46.2 Å². The summed E-state index contributed by atoms with van der Waals surface area (Å²) in [7, 11) is 2.67. The molecule has 0 atom stereocenters. The van der Waals surface area contributed by atoms with Gasteiger partial charge in [0.1, 0.15) is 0 Å². The molecule has 24 heavy (non-hydrogen) atoms. The summed E-state index contributed by atoms with van der Waals surface area (Å²) in [5.74, 6) is -0.827. The molecule has 10 heteroatoms. The van der Waals surface area contributed by atoms with E-state index in [0.717, 1.165) is 0 Å². The molecule has 0 N–H and O–H groups in total. The fraction of sp³-hybridized carbons (Fsp3) is 0.571. The number of carbonyl (C=O) groups excluding carboxylic acids is 2. The van der Waals surface area contributed by atoms with Crippen molar-refractivity contribution in [2.24, 2.45) is 0 Å². The molecular formula is C14H22N6O4. The molecular weight excluding hydrogens is 316 g/mol. The van der Waals surface area contributed by atoms with Crippen molar-refractivity contribution in [1.29, 1.82) is 0 Å². The van der Waals surface area contributed by atoms with Crippen molar-refractivity contribution in [1.82, 2.24) is 30.0 Å². The number of hydrogen-bond acceptors (Lipinski definition) is 8. The second-order valence-electron chi connectivity index (χ2n) is 4.64. The van der Waals surface area contributed by atoms with Crippen LogP contribution in [0.4, 0.5) is 0 Å². The maximum atomic E-state index is 11.2. The number of aromatic nitrogens is 6. The average Bonchev–Trinajstić information content (AvgIpc) is 3.16.